The van der Waals surface area contributed by atoms with Crippen LogP contribution in [0, 0.1) is 0 Å². The molecule has 1 fully saturated rings. The molecule has 1 aromatic carbocycles. The number of amides is 1. The molecule has 2 N–H and O–H groups in total. The third-order valence-electron chi connectivity index (χ3n) is 3.96. The molecule has 1 saturated heterocycles. The first kappa shape index (κ1) is 18.7. The Morgan fingerprint density at radius 1 is 1.50 bits per heavy atom. The maximum Gasteiger partial charge on any atom is 0.416 e. The largest absolute Gasteiger partial charge is 0.416 e. The standard InChI is InChI=1S/C16H21F3N2O3/c1-2-21-6-7-24-14(10-21)15(23)20-9-13(22)11-4-3-5-12(8-11)16(17,18)19/h3-5,8,13-14,22H,2,6-7,9-10H2,1H3,(H,20,23)/t13-,14-/m0/s1. The van der Waals surface area contributed by atoms with Crippen molar-refractivity contribution in [1.82, 2.24) is 10.2 Å². The van der Waals surface area contributed by atoms with E-state index in [2.05, 4.69) is 10.2 Å². The van der Waals surface area contributed by atoms with E-state index in [1.807, 2.05) is 6.92 Å². The molecular formula is C16H21F3N2O3. The summed E-state index contributed by atoms with van der Waals surface area (Å²) < 4.78 is 43.4. The zero-order valence-electron chi connectivity index (χ0n) is 13.3. The molecule has 2 atom stereocenters. The van der Waals surface area contributed by atoms with Crippen LogP contribution in [0.2, 0.25) is 0 Å². The quantitative estimate of drug-likeness (QED) is 0.850. The summed E-state index contributed by atoms with van der Waals surface area (Å²) in [6.07, 6.45) is -6.33. The number of hydrogen-bond donors (Lipinski definition) is 2. The van der Waals surface area contributed by atoms with Crippen LogP contribution in [0.1, 0.15) is 24.2 Å². The number of halogens is 3. The minimum absolute atomic E-state index is 0.102. The van der Waals surface area contributed by atoms with Gasteiger partial charge in [0.2, 0.25) is 0 Å². The van der Waals surface area contributed by atoms with Crippen molar-refractivity contribution in [3.8, 4) is 0 Å². The van der Waals surface area contributed by atoms with Gasteiger partial charge in [0.05, 0.1) is 18.3 Å². The number of nitrogens with zero attached hydrogens (tertiary/aromatic N) is 1. The number of aliphatic hydroxyl groups is 1. The Morgan fingerprint density at radius 2 is 2.25 bits per heavy atom. The normalized spacial score (nSPS) is 20.6. The number of alkyl halides is 3. The molecule has 1 aromatic rings. The molecule has 8 heteroatoms. The fourth-order valence-corrected chi connectivity index (χ4v) is 2.50. The van der Waals surface area contributed by atoms with Gasteiger partial charge in [-0.25, -0.2) is 0 Å². The molecule has 0 radical (unpaired) electrons. The number of ether oxygens (including phenoxy) is 1. The summed E-state index contributed by atoms with van der Waals surface area (Å²) in [6.45, 7) is 4.28. The van der Waals surface area contributed by atoms with Gasteiger partial charge in [0.25, 0.3) is 5.91 Å². The fraction of sp³-hybridized carbons (Fsp3) is 0.562. The molecule has 0 unspecified atom stereocenters. The first-order valence-electron chi connectivity index (χ1n) is 7.78. The highest BCUT2D eigenvalue weighted by Crippen LogP contribution is 2.30. The van der Waals surface area contributed by atoms with Crippen LogP contribution >= 0.6 is 0 Å². The van der Waals surface area contributed by atoms with Gasteiger partial charge in [0.1, 0.15) is 6.10 Å². The second kappa shape index (κ2) is 7.96. The Bertz CT molecular complexity index is 566. The third kappa shape index (κ3) is 4.93. The minimum atomic E-state index is -4.47. The van der Waals surface area contributed by atoms with Crippen LogP contribution in [-0.2, 0) is 15.7 Å². The molecule has 1 heterocycles. The van der Waals surface area contributed by atoms with Crippen LogP contribution < -0.4 is 5.32 Å². The van der Waals surface area contributed by atoms with E-state index in [0.717, 1.165) is 25.2 Å². The minimum Gasteiger partial charge on any atom is -0.387 e. The number of carbonyl (C=O) groups is 1. The molecule has 0 spiro atoms. The number of rotatable bonds is 5. The Labute approximate surface area is 138 Å². The third-order valence-corrected chi connectivity index (χ3v) is 3.96. The summed E-state index contributed by atoms with van der Waals surface area (Å²) in [4.78, 5) is 14.1. The summed E-state index contributed by atoms with van der Waals surface area (Å²) in [5.74, 6) is -0.376. The van der Waals surface area contributed by atoms with Crippen LogP contribution in [-0.4, -0.2) is 54.8 Å². The first-order chi connectivity index (χ1) is 11.3. The predicted octanol–water partition coefficient (Wildman–Crippen LogP) is 1.58. The number of likely N-dealkylation sites (N-methyl/N-ethyl adjacent to an activating group) is 1. The van der Waals surface area contributed by atoms with Crippen molar-refractivity contribution >= 4 is 5.91 Å². The van der Waals surface area contributed by atoms with Gasteiger partial charge in [-0.1, -0.05) is 19.1 Å². The molecule has 1 amide bonds. The van der Waals surface area contributed by atoms with Gasteiger partial charge in [0.15, 0.2) is 0 Å². The topological polar surface area (TPSA) is 61.8 Å². The van der Waals surface area contributed by atoms with Gasteiger partial charge in [-0.05, 0) is 24.2 Å². The fourth-order valence-electron chi connectivity index (χ4n) is 2.50. The van der Waals surface area contributed by atoms with E-state index >= 15 is 0 Å². The molecule has 0 saturated carbocycles. The number of aliphatic hydroxyl groups excluding tert-OH is 1. The van der Waals surface area contributed by atoms with Crippen LogP contribution in [0.15, 0.2) is 24.3 Å². The second-order valence-corrected chi connectivity index (χ2v) is 5.64. The molecule has 134 valence electrons. The van der Waals surface area contributed by atoms with Gasteiger partial charge in [-0.3, -0.25) is 9.69 Å². The summed E-state index contributed by atoms with van der Waals surface area (Å²) >= 11 is 0. The zero-order valence-corrected chi connectivity index (χ0v) is 13.3. The van der Waals surface area contributed by atoms with E-state index in [1.54, 1.807) is 0 Å². The van der Waals surface area contributed by atoms with Crippen molar-refractivity contribution in [3.05, 3.63) is 35.4 Å². The Hall–Kier alpha value is -1.64. The molecule has 5 nitrogen and oxygen atoms in total. The van der Waals surface area contributed by atoms with Crippen LogP contribution in [0.3, 0.4) is 0 Å². The number of morpholine rings is 1. The maximum absolute atomic E-state index is 12.7. The number of nitrogens with one attached hydrogen (secondary N) is 1. The predicted molar refractivity (Wildman–Crippen MR) is 81.3 cm³/mol. The lowest BCUT2D eigenvalue weighted by atomic mass is 10.1. The number of benzene rings is 1. The lowest BCUT2D eigenvalue weighted by Crippen LogP contribution is -2.50. The summed E-state index contributed by atoms with van der Waals surface area (Å²) in [7, 11) is 0. The molecule has 2 rings (SSSR count). The summed E-state index contributed by atoms with van der Waals surface area (Å²) in [5.41, 5.74) is -0.732. The Morgan fingerprint density at radius 3 is 2.92 bits per heavy atom. The van der Waals surface area contributed by atoms with Crippen molar-refractivity contribution in [2.24, 2.45) is 0 Å². The van der Waals surface area contributed by atoms with Crippen molar-refractivity contribution in [2.45, 2.75) is 25.3 Å². The van der Waals surface area contributed by atoms with Crippen LogP contribution in [0.4, 0.5) is 13.2 Å². The highest BCUT2D eigenvalue weighted by molar-refractivity contribution is 5.81. The van der Waals surface area contributed by atoms with E-state index in [1.165, 1.54) is 12.1 Å². The highest BCUT2D eigenvalue weighted by Gasteiger charge is 2.31. The van der Waals surface area contributed by atoms with Gasteiger partial charge >= 0.3 is 6.18 Å². The molecule has 0 aromatic heterocycles. The smallest absolute Gasteiger partial charge is 0.387 e. The molecule has 0 aliphatic carbocycles. The lowest BCUT2D eigenvalue weighted by molar-refractivity contribution is -0.139. The van der Waals surface area contributed by atoms with Crippen molar-refractivity contribution < 1.29 is 27.8 Å². The van der Waals surface area contributed by atoms with E-state index in [4.69, 9.17) is 4.74 Å². The monoisotopic (exact) mass is 346 g/mol. The average molecular weight is 346 g/mol. The maximum atomic E-state index is 12.7. The first-order valence-corrected chi connectivity index (χ1v) is 7.78. The van der Waals surface area contributed by atoms with Crippen molar-refractivity contribution in [2.75, 3.05) is 32.8 Å². The Balaban J connectivity index is 1.91. The number of hydrogen-bond acceptors (Lipinski definition) is 4. The van der Waals surface area contributed by atoms with E-state index in [0.29, 0.717) is 13.2 Å². The molecule has 1 aliphatic rings. The van der Waals surface area contributed by atoms with Gasteiger partial charge in [0, 0.05) is 19.6 Å². The summed E-state index contributed by atoms with van der Waals surface area (Å²) in [5, 5.41) is 12.6. The number of carbonyl (C=O) groups excluding carboxylic acids is 1. The second-order valence-electron chi connectivity index (χ2n) is 5.64. The summed E-state index contributed by atoms with van der Waals surface area (Å²) in [6, 6.07) is 4.44. The van der Waals surface area contributed by atoms with Gasteiger partial charge in [-0.15, -0.1) is 0 Å². The Kier molecular flexibility index (Phi) is 6.20. The molecule has 0 bridgehead atoms. The van der Waals surface area contributed by atoms with Gasteiger partial charge < -0.3 is 15.2 Å². The van der Waals surface area contributed by atoms with Crippen molar-refractivity contribution in [1.29, 1.82) is 0 Å². The van der Waals surface area contributed by atoms with Crippen LogP contribution in [0.5, 0.6) is 0 Å². The van der Waals surface area contributed by atoms with Crippen LogP contribution in [0.25, 0.3) is 0 Å². The van der Waals surface area contributed by atoms with Crippen molar-refractivity contribution in [3.63, 3.8) is 0 Å². The molecule has 1 aliphatic heterocycles. The molecular weight excluding hydrogens is 325 g/mol. The molecule has 24 heavy (non-hydrogen) atoms. The SMILES string of the molecule is CCN1CCO[C@H](C(=O)NC[C@H](O)c2cccc(C(F)(F)F)c2)C1. The van der Waals surface area contributed by atoms with E-state index in [9.17, 15) is 23.1 Å². The zero-order chi connectivity index (χ0) is 17.7. The van der Waals surface area contributed by atoms with Gasteiger partial charge in [-0.2, -0.15) is 13.2 Å². The lowest BCUT2D eigenvalue weighted by Gasteiger charge is -2.31. The average Bonchev–Trinajstić information content (AvgIpc) is 2.58. The van der Waals surface area contributed by atoms with E-state index in [-0.39, 0.29) is 18.0 Å². The van der Waals surface area contributed by atoms with E-state index < -0.39 is 23.9 Å². The highest BCUT2D eigenvalue weighted by atomic mass is 19.4.